The number of ether oxygens (including phenoxy) is 1. The number of rotatable bonds is 3. The molecule has 1 amide bonds. The lowest BCUT2D eigenvalue weighted by molar-refractivity contribution is -0.121. The molecule has 21 heavy (non-hydrogen) atoms. The summed E-state index contributed by atoms with van der Waals surface area (Å²) in [5.74, 6) is 0.0111. The van der Waals surface area contributed by atoms with Crippen LogP contribution in [0.1, 0.15) is 25.8 Å². The Balaban J connectivity index is 2.01. The summed E-state index contributed by atoms with van der Waals surface area (Å²) < 4.78 is 5.63. The molecule has 0 aromatic heterocycles. The van der Waals surface area contributed by atoms with Gasteiger partial charge in [-0.05, 0) is 51.0 Å². The summed E-state index contributed by atoms with van der Waals surface area (Å²) in [6.45, 7) is 8.38. The smallest absolute Gasteiger partial charge is 0.241 e. The normalized spacial score (nSPS) is 21.6. The fraction of sp³-hybridized carbons (Fsp3) is 0.562. The third-order valence-corrected chi connectivity index (χ3v) is 3.92. The van der Waals surface area contributed by atoms with Gasteiger partial charge in [0.2, 0.25) is 5.91 Å². The summed E-state index contributed by atoms with van der Waals surface area (Å²) in [6, 6.07) is 5.34. The van der Waals surface area contributed by atoms with Crippen LogP contribution in [0.15, 0.2) is 18.2 Å². The van der Waals surface area contributed by atoms with E-state index in [1.807, 2.05) is 32.9 Å². The van der Waals surface area contributed by atoms with Gasteiger partial charge in [0, 0.05) is 31.1 Å². The van der Waals surface area contributed by atoms with E-state index in [1.54, 1.807) is 6.07 Å². The number of nitrogen functional groups attached to an aromatic ring is 1. The van der Waals surface area contributed by atoms with E-state index in [1.165, 1.54) is 0 Å². The minimum absolute atomic E-state index is 0.0111. The van der Waals surface area contributed by atoms with E-state index >= 15 is 0 Å². The van der Waals surface area contributed by atoms with Gasteiger partial charge in [0.1, 0.15) is 0 Å². The minimum Gasteiger partial charge on any atom is -0.399 e. The Labute approximate surface area is 126 Å². The van der Waals surface area contributed by atoms with Crippen LogP contribution in [-0.4, -0.2) is 42.6 Å². The highest BCUT2D eigenvalue weighted by Crippen LogP contribution is 2.19. The van der Waals surface area contributed by atoms with Crippen LogP contribution in [0.25, 0.3) is 0 Å². The molecular formula is C16H25N3O2. The molecule has 1 aromatic carbocycles. The first-order valence-electron chi connectivity index (χ1n) is 7.50. The molecule has 0 bridgehead atoms. The summed E-state index contributed by atoms with van der Waals surface area (Å²) in [6.07, 6.45) is 1.13. The molecule has 0 spiro atoms. The third kappa shape index (κ3) is 4.19. The van der Waals surface area contributed by atoms with Crippen molar-refractivity contribution >= 4 is 17.3 Å². The van der Waals surface area contributed by atoms with Gasteiger partial charge >= 0.3 is 0 Å². The number of aryl methyl sites for hydroxylation is 1. The van der Waals surface area contributed by atoms with Crippen LogP contribution in [0.5, 0.6) is 0 Å². The Morgan fingerprint density at radius 2 is 2.29 bits per heavy atom. The number of carbonyl (C=O) groups excluding carboxylic acids is 1. The van der Waals surface area contributed by atoms with Gasteiger partial charge in [-0.1, -0.05) is 0 Å². The summed E-state index contributed by atoms with van der Waals surface area (Å²) >= 11 is 0. The Kier molecular flexibility index (Phi) is 5.20. The first kappa shape index (κ1) is 15.8. The number of hydrogen-bond acceptors (Lipinski definition) is 4. The second-order valence-electron chi connectivity index (χ2n) is 5.77. The molecule has 0 radical (unpaired) electrons. The summed E-state index contributed by atoms with van der Waals surface area (Å²) in [7, 11) is 0. The molecule has 0 aliphatic carbocycles. The first-order chi connectivity index (χ1) is 9.97. The monoisotopic (exact) mass is 291 g/mol. The second-order valence-corrected chi connectivity index (χ2v) is 5.77. The highest BCUT2D eigenvalue weighted by Gasteiger charge is 2.25. The van der Waals surface area contributed by atoms with Crippen molar-refractivity contribution in [3.05, 3.63) is 23.8 Å². The zero-order chi connectivity index (χ0) is 15.4. The lowest BCUT2D eigenvalue weighted by Crippen LogP contribution is -2.44. The van der Waals surface area contributed by atoms with E-state index in [9.17, 15) is 4.79 Å². The average Bonchev–Trinajstić information content (AvgIpc) is 2.65. The Morgan fingerprint density at radius 3 is 3.00 bits per heavy atom. The highest BCUT2D eigenvalue weighted by molar-refractivity contribution is 5.95. The van der Waals surface area contributed by atoms with Crippen molar-refractivity contribution in [1.29, 1.82) is 0 Å². The van der Waals surface area contributed by atoms with Gasteiger partial charge in [0.15, 0.2) is 0 Å². The van der Waals surface area contributed by atoms with Crippen molar-refractivity contribution in [3.8, 4) is 0 Å². The number of nitrogens with zero attached hydrogens (tertiary/aromatic N) is 1. The van der Waals surface area contributed by atoms with E-state index in [-0.39, 0.29) is 18.1 Å². The fourth-order valence-electron chi connectivity index (χ4n) is 2.61. The van der Waals surface area contributed by atoms with Crippen LogP contribution in [0, 0.1) is 6.92 Å². The van der Waals surface area contributed by atoms with Crippen molar-refractivity contribution in [1.82, 2.24) is 4.90 Å². The summed E-state index contributed by atoms with van der Waals surface area (Å²) in [5.41, 5.74) is 8.23. The van der Waals surface area contributed by atoms with Crippen molar-refractivity contribution in [3.63, 3.8) is 0 Å². The molecule has 2 atom stereocenters. The van der Waals surface area contributed by atoms with Gasteiger partial charge in [-0.25, -0.2) is 0 Å². The number of carbonyl (C=O) groups is 1. The molecule has 1 saturated heterocycles. The molecule has 1 heterocycles. The quantitative estimate of drug-likeness (QED) is 0.836. The number of hydrogen-bond donors (Lipinski definition) is 2. The number of nitrogens with two attached hydrogens (primary N) is 1. The maximum Gasteiger partial charge on any atom is 0.241 e. The largest absolute Gasteiger partial charge is 0.399 e. The van der Waals surface area contributed by atoms with Crippen molar-refractivity contribution in [2.24, 2.45) is 0 Å². The van der Waals surface area contributed by atoms with Crippen molar-refractivity contribution in [2.45, 2.75) is 39.3 Å². The Bertz CT molecular complexity index is 504. The Morgan fingerprint density at radius 1 is 1.52 bits per heavy atom. The molecular weight excluding hydrogens is 266 g/mol. The molecule has 2 unspecified atom stereocenters. The predicted octanol–water partition coefficient (Wildman–Crippen LogP) is 2.02. The van der Waals surface area contributed by atoms with Gasteiger partial charge in [0.05, 0.1) is 12.1 Å². The van der Waals surface area contributed by atoms with Gasteiger partial charge in [0.25, 0.3) is 0 Å². The lowest BCUT2D eigenvalue weighted by atomic mass is 10.1. The maximum atomic E-state index is 12.4. The maximum absolute atomic E-state index is 12.4. The molecule has 3 N–H and O–H groups in total. The van der Waals surface area contributed by atoms with Crippen LogP contribution >= 0.6 is 0 Å². The summed E-state index contributed by atoms with van der Waals surface area (Å²) in [5, 5.41) is 2.99. The van der Waals surface area contributed by atoms with E-state index in [4.69, 9.17) is 10.5 Å². The van der Waals surface area contributed by atoms with Crippen LogP contribution in [0.4, 0.5) is 11.4 Å². The number of benzene rings is 1. The molecule has 2 rings (SSSR count). The molecule has 1 aromatic rings. The van der Waals surface area contributed by atoms with Crippen LogP contribution in [0.2, 0.25) is 0 Å². The van der Waals surface area contributed by atoms with Crippen LogP contribution < -0.4 is 11.1 Å². The second kappa shape index (κ2) is 6.91. The number of amides is 1. The van der Waals surface area contributed by atoms with Gasteiger partial charge in [-0.2, -0.15) is 0 Å². The number of nitrogens with one attached hydrogen (secondary N) is 1. The van der Waals surface area contributed by atoms with Gasteiger partial charge in [-0.3, -0.25) is 9.69 Å². The first-order valence-corrected chi connectivity index (χ1v) is 7.50. The van der Waals surface area contributed by atoms with Gasteiger partial charge in [-0.15, -0.1) is 0 Å². The molecule has 5 nitrogen and oxygen atoms in total. The molecule has 116 valence electrons. The SMILES string of the molecule is Cc1cc(N)ccc1NC(=O)C(C)N1CCCOC(C)C1. The van der Waals surface area contributed by atoms with Crippen LogP contribution in [0.3, 0.4) is 0 Å². The van der Waals surface area contributed by atoms with E-state index in [0.29, 0.717) is 5.69 Å². The zero-order valence-electron chi connectivity index (χ0n) is 13.1. The Hall–Kier alpha value is -1.59. The standard InChI is InChI=1S/C16H25N3O2/c1-11-9-14(17)5-6-15(11)18-16(20)13(3)19-7-4-8-21-12(2)10-19/h5-6,9,12-13H,4,7-8,10,17H2,1-3H3,(H,18,20). The zero-order valence-corrected chi connectivity index (χ0v) is 13.1. The highest BCUT2D eigenvalue weighted by atomic mass is 16.5. The molecule has 0 saturated carbocycles. The summed E-state index contributed by atoms with van der Waals surface area (Å²) in [4.78, 5) is 14.6. The molecule has 1 fully saturated rings. The topological polar surface area (TPSA) is 67.6 Å². The van der Waals surface area contributed by atoms with E-state index < -0.39 is 0 Å². The average molecular weight is 291 g/mol. The van der Waals surface area contributed by atoms with Crippen molar-refractivity contribution < 1.29 is 9.53 Å². The molecule has 5 heteroatoms. The number of anilines is 2. The predicted molar refractivity (Wildman–Crippen MR) is 85.3 cm³/mol. The van der Waals surface area contributed by atoms with Crippen LogP contribution in [-0.2, 0) is 9.53 Å². The van der Waals surface area contributed by atoms with E-state index in [2.05, 4.69) is 10.2 Å². The van der Waals surface area contributed by atoms with Crippen molar-refractivity contribution in [2.75, 3.05) is 30.7 Å². The fourth-order valence-corrected chi connectivity index (χ4v) is 2.61. The third-order valence-electron chi connectivity index (χ3n) is 3.92. The van der Waals surface area contributed by atoms with E-state index in [0.717, 1.165) is 37.4 Å². The molecule has 1 aliphatic rings. The lowest BCUT2D eigenvalue weighted by Gasteiger charge is -2.28. The molecule has 1 aliphatic heterocycles. The minimum atomic E-state index is -0.175. The van der Waals surface area contributed by atoms with Gasteiger partial charge < -0.3 is 15.8 Å².